The Morgan fingerprint density at radius 3 is 2.48 bits per heavy atom. The Balaban J connectivity index is 1.43. The lowest BCUT2D eigenvalue weighted by atomic mass is 10.0. The molecule has 0 spiro atoms. The summed E-state index contributed by atoms with van der Waals surface area (Å²) in [5.74, 6) is -3.22. The molecule has 15 nitrogen and oxygen atoms in total. The SMILES string of the molecule is Cc1cc(C(=O)O[C@@H]2C[C@H]3C(=O)N[C@]4(C(=O)NS(=O)(=O)C5CC5)C[C@H]4C=CCCCCC[C@H](NC(=O)OC(C)(C)C)C(=O)N3C2)n(C)n1. The Kier molecular flexibility index (Phi) is 9.96. The highest BCUT2D eigenvalue weighted by molar-refractivity contribution is 7.91. The highest BCUT2D eigenvalue weighted by atomic mass is 32.2. The number of rotatable bonds is 6. The molecular formula is C32H46N6O9S. The molecule has 2 saturated carbocycles. The minimum Gasteiger partial charge on any atom is -0.456 e. The van der Waals surface area contributed by atoms with Crippen LogP contribution in [-0.4, -0.2) is 94.0 Å². The number of fused-ring (bicyclic) bond motifs is 2. The number of carbonyl (C=O) groups is 5. The van der Waals surface area contributed by atoms with Crippen LogP contribution in [0.15, 0.2) is 18.2 Å². The molecule has 2 aliphatic heterocycles. The maximum absolute atomic E-state index is 14.2. The largest absolute Gasteiger partial charge is 0.456 e. The van der Waals surface area contributed by atoms with E-state index >= 15 is 0 Å². The van der Waals surface area contributed by atoms with E-state index in [0.717, 1.165) is 12.8 Å². The van der Waals surface area contributed by atoms with Crippen molar-refractivity contribution >= 4 is 39.8 Å². The first-order valence-corrected chi connectivity index (χ1v) is 18.1. The first kappa shape index (κ1) is 35.4. The van der Waals surface area contributed by atoms with Crippen LogP contribution in [-0.2, 0) is 40.9 Å². The number of aromatic nitrogens is 2. The standard InChI is InChI=1S/C32H46N6O9S/c1-19-15-25(37(5)35-19)28(41)46-21-16-24-26(39)34-32(29(42)36-48(44,45)22-13-14-22)17-20(32)11-9-7-6-8-10-12-23(27(40)38(24)18-21)33-30(43)47-31(2,3)4/h9,11,15,20-24H,6-8,10,12-14,16-18H2,1-5H3,(H,33,43)(H,34,39)(H,36,42)/t20-,21-,23+,24+,32-/m1/s1. The molecule has 5 rings (SSSR count). The average Bonchev–Trinajstić information content (AvgIpc) is 3.88. The Bertz CT molecular complexity index is 1590. The highest BCUT2D eigenvalue weighted by Gasteiger charge is 2.62. The Morgan fingerprint density at radius 1 is 1.10 bits per heavy atom. The van der Waals surface area contributed by atoms with Crippen LogP contribution in [0.3, 0.4) is 0 Å². The monoisotopic (exact) mass is 690 g/mol. The summed E-state index contributed by atoms with van der Waals surface area (Å²) in [6, 6.07) is -0.667. The third kappa shape index (κ3) is 8.18. The summed E-state index contributed by atoms with van der Waals surface area (Å²) >= 11 is 0. The van der Waals surface area contributed by atoms with Crippen LogP contribution >= 0.6 is 0 Å². The van der Waals surface area contributed by atoms with Crippen molar-refractivity contribution in [3.63, 3.8) is 0 Å². The topological polar surface area (TPSA) is 195 Å². The van der Waals surface area contributed by atoms with Crippen LogP contribution < -0.4 is 15.4 Å². The van der Waals surface area contributed by atoms with Crippen LogP contribution in [0.1, 0.15) is 94.7 Å². The highest BCUT2D eigenvalue weighted by Crippen LogP contribution is 2.46. The summed E-state index contributed by atoms with van der Waals surface area (Å²) in [6.45, 7) is 6.69. The van der Waals surface area contributed by atoms with Gasteiger partial charge in [0.2, 0.25) is 21.8 Å². The molecule has 1 saturated heterocycles. The fraction of sp³-hybridized carbons (Fsp3) is 0.688. The van der Waals surface area contributed by atoms with Crippen molar-refractivity contribution in [2.75, 3.05) is 6.54 Å². The third-order valence-corrected chi connectivity index (χ3v) is 10.8. The van der Waals surface area contributed by atoms with Crippen LogP contribution in [0.25, 0.3) is 0 Å². The maximum Gasteiger partial charge on any atom is 0.408 e. The number of ether oxygens (including phenoxy) is 2. The van der Waals surface area contributed by atoms with E-state index in [1.165, 1.54) is 9.58 Å². The van der Waals surface area contributed by atoms with Gasteiger partial charge < -0.3 is 25.0 Å². The van der Waals surface area contributed by atoms with Crippen molar-refractivity contribution in [1.29, 1.82) is 0 Å². The third-order valence-electron chi connectivity index (χ3n) is 9.02. The second-order valence-electron chi connectivity index (χ2n) is 14.3. The number of sulfonamides is 1. The van der Waals surface area contributed by atoms with Gasteiger partial charge in [-0.1, -0.05) is 25.0 Å². The summed E-state index contributed by atoms with van der Waals surface area (Å²) in [5, 5.41) is 9.00. The van der Waals surface area contributed by atoms with Gasteiger partial charge in [0.1, 0.15) is 35.0 Å². The zero-order valence-electron chi connectivity index (χ0n) is 28.1. The molecule has 0 unspecified atom stereocenters. The van der Waals surface area contributed by atoms with E-state index in [4.69, 9.17) is 9.47 Å². The lowest BCUT2D eigenvalue weighted by Gasteiger charge is -2.30. The Hall–Kier alpha value is -3.95. The van der Waals surface area contributed by atoms with E-state index in [1.807, 2.05) is 12.2 Å². The predicted molar refractivity (Wildman–Crippen MR) is 172 cm³/mol. The normalized spacial score (nSPS) is 28.2. The van der Waals surface area contributed by atoms with Gasteiger partial charge in [0.05, 0.1) is 17.5 Å². The van der Waals surface area contributed by atoms with E-state index < -0.39 is 80.3 Å². The van der Waals surface area contributed by atoms with Crippen LogP contribution in [0.2, 0.25) is 0 Å². The number of hydrogen-bond donors (Lipinski definition) is 3. The molecule has 48 heavy (non-hydrogen) atoms. The molecule has 0 bridgehead atoms. The van der Waals surface area contributed by atoms with Crippen molar-refractivity contribution in [3.8, 4) is 0 Å². The molecule has 3 N–H and O–H groups in total. The van der Waals surface area contributed by atoms with E-state index in [2.05, 4.69) is 20.5 Å². The van der Waals surface area contributed by atoms with Gasteiger partial charge in [0.25, 0.3) is 5.91 Å². The summed E-state index contributed by atoms with van der Waals surface area (Å²) in [6.07, 6.45) is 6.14. The number of nitrogens with one attached hydrogen (secondary N) is 3. The Morgan fingerprint density at radius 2 is 1.83 bits per heavy atom. The van der Waals surface area contributed by atoms with Crippen molar-refractivity contribution < 1.29 is 41.9 Å². The van der Waals surface area contributed by atoms with Gasteiger partial charge in [0.15, 0.2) is 0 Å². The van der Waals surface area contributed by atoms with Gasteiger partial charge in [-0.3, -0.25) is 23.8 Å². The van der Waals surface area contributed by atoms with E-state index in [-0.39, 0.29) is 31.5 Å². The smallest absolute Gasteiger partial charge is 0.408 e. The molecule has 4 amide bonds. The molecule has 4 aliphatic rings. The zero-order chi connectivity index (χ0) is 35.0. The first-order valence-electron chi connectivity index (χ1n) is 16.6. The number of amides is 4. The molecule has 3 heterocycles. The maximum atomic E-state index is 14.2. The molecule has 16 heteroatoms. The summed E-state index contributed by atoms with van der Waals surface area (Å²) in [7, 11) is -2.30. The van der Waals surface area contributed by atoms with Gasteiger partial charge in [-0.2, -0.15) is 5.10 Å². The van der Waals surface area contributed by atoms with Gasteiger partial charge >= 0.3 is 12.1 Å². The van der Waals surface area contributed by atoms with Crippen LogP contribution in [0.5, 0.6) is 0 Å². The molecule has 1 aromatic heterocycles. The van der Waals surface area contributed by atoms with Crippen LogP contribution in [0, 0.1) is 12.8 Å². The molecule has 2 aliphatic carbocycles. The second kappa shape index (κ2) is 13.5. The lowest BCUT2D eigenvalue weighted by molar-refractivity contribution is -0.141. The second-order valence-corrected chi connectivity index (χ2v) is 16.2. The number of nitrogens with zero attached hydrogens (tertiary/aromatic N) is 3. The van der Waals surface area contributed by atoms with Gasteiger partial charge in [0, 0.05) is 19.4 Å². The average molecular weight is 691 g/mol. The van der Waals surface area contributed by atoms with Crippen molar-refractivity contribution in [1.82, 2.24) is 30.0 Å². The minimum absolute atomic E-state index is 0.0854. The zero-order valence-corrected chi connectivity index (χ0v) is 28.9. The fourth-order valence-electron chi connectivity index (χ4n) is 6.31. The number of aryl methyl sites for hydroxylation is 2. The number of alkyl carbamates (subject to hydrolysis) is 1. The number of carbonyl (C=O) groups excluding carboxylic acids is 5. The lowest BCUT2D eigenvalue weighted by Crippen LogP contribution is -2.58. The van der Waals surface area contributed by atoms with Gasteiger partial charge in [-0.05, 0) is 72.3 Å². The predicted octanol–water partition coefficient (Wildman–Crippen LogP) is 1.75. The fourth-order valence-corrected chi connectivity index (χ4v) is 7.67. The molecule has 264 valence electrons. The van der Waals surface area contributed by atoms with E-state index in [1.54, 1.807) is 40.8 Å². The quantitative estimate of drug-likeness (QED) is 0.292. The number of allylic oxidation sites excluding steroid dienone is 1. The molecular weight excluding hydrogens is 644 g/mol. The molecule has 5 atom stereocenters. The summed E-state index contributed by atoms with van der Waals surface area (Å²) < 4.78 is 40.1. The van der Waals surface area contributed by atoms with E-state index in [9.17, 15) is 32.4 Å². The summed E-state index contributed by atoms with van der Waals surface area (Å²) in [4.78, 5) is 69.0. The number of hydrogen-bond acceptors (Lipinski definition) is 10. The summed E-state index contributed by atoms with van der Waals surface area (Å²) in [5.41, 5.74) is -1.55. The van der Waals surface area contributed by atoms with Crippen molar-refractivity contribution in [2.24, 2.45) is 13.0 Å². The van der Waals surface area contributed by atoms with Gasteiger partial charge in [-0.25, -0.2) is 18.0 Å². The molecule has 1 aromatic rings. The first-order chi connectivity index (χ1) is 22.5. The van der Waals surface area contributed by atoms with Crippen molar-refractivity contribution in [3.05, 3.63) is 29.6 Å². The van der Waals surface area contributed by atoms with Crippen molar-refractivity contribution in [2.45, 2.75) is 120 Å². The molecule has 0 radical (unpaired) electrons. The Labute approximate surface area is 280 Å². The number of esters is 1. The van der Waals surface area contributed by atoms with E-state index in [0.29, 0.717) is 31.4 Å². The minimum atomic E-state index is -3.90. The molecule has 3 fully saturated rings. The van der Waals surface area contributed by atoms with Gasteiger partial charge in [-0.15, -0.1) is 0 Å². The molecule has 0 aromatic carbocycles. The van der Waals surface area contributed by atoms with Crippen LogP contribution in [0.4, 0.5) is 4.79 Å².